The Morgan fingerprint density at radius 1 is 0.938 bits per heavy atom. The molecule has 2 aromatic carbocycles. The van der Waals surface area contributed by atoms with Gasteiger partial charge >= 0.3 is 0 Å². The van der Waals surface area contributed by atoms with Gasteiger partial charge in [0.1, 0.15) is 11.6 Å². The average molecular weight is 221 g/mol. The van der Waals surface area contributed by atoms with Gasteiger partial charge in [-0.1, -0.05) is 0 Å². The molecule has 82 valence electrons. The topological polar surface area (TPSA) is 35.2 Å². The molecule has 0 bridgehead atoms. The summed E-state index contributed by atoms with van der Waals surface area (Å²) >= 11 is 0. The number of anilines is 1. The molecule has 0 aliphatic rings. The quantitative estimate of drug-likeness (QED) is 0.789. The first kappa shape index (κ1) is 10.4. The Bertz CT molecular complexity index is 497. The van der Waals surface area contributed by atoms with Crippen molar-refractivity contribution in [2.45, 2.75) is 0 Å². The van der Waals surface area contributed by atoms with Crippen LogP contribution in [0.4, 0.5) is 14.5 Å². The molecule has 2 N–H and O–H groups in total. The van der Waals surface area contributed by atoms with Crippen LogP contribution in [0.1, 0.15) is 0 Å². The molecule has 0 radical (unpaired) electrons. The summed E-state index contributed by atoms with van der Waals surface area (Å²) in [5.41, 5.74) is 5.90. The summed E-state index contributed by atoms with van der Waals surface area (Å²) in [5, 5.41) is 0. The molecule has 0 saturated heterocycles. The van der Waals surface area contributed by atoms with Crippen LogP contribution in [0, 0.1) is 11.6 Å². The molecule has 0 amide bonds. The van der Waals surface area contributed by atoms with Crippen LogP contribution in [0.2, 0.25) is 0 Å². The van der Waals surface area contributed by atoms with Crippen LogP contribution in [-0.2, 0) is 0 Å². The molecular formula is C12H9F2NO. The summed E-state index contributed by atoms with van der Waals surface area (Å²) in [7, 11) is 0. The van der Waals surface area contributed by atoms with Crippen LogP contribution in [-0.4, -0.2) is 0 Å². The second-order valence-corrected chi connectivity index (χ2v) is 3.25. The fourth-order valence-electron chi connectivity index (χ4n) is 1.23. The van der Waals surface area contributed by atoms with E-state index >= 15 is 0 Å². The maximum atomic E-state index is 13.3. The Morgan fingerprint density at radius 3 is 2.31 bits per heavy atom. The second kappa shape index (κ2) is 4.18. The van der Waals surface area contributed by atoms with Gasteiger partial charge in [-0.25, -0.2) is 8.78 Å². The molecule has 4 heteroatoms. The lowest BCUT2D eigenvalue weighted by atomic mass is 10.3. The summed E-state index contributed by atoms with van der Waals surface area (Å²) in [6.07, 6.45) is 0. The Balaban J connectivity index is 2.26. The van der Waals surface area contributed by atoms with Crippen LogP contribution in [0.25, 0.3) is 0 Å². The monoisotopic (exact) mass is 221 g/mol. The molecule has 0 saturated carbocycles. The number of rotatable bonds is 2. The van der Waals surface area contributed by atoms with Crippen molar-refractivity contribution in [2.24, 2.45) is 0 Å². The van der Waals surface area contributed by atoms with Crippen molar-refractivity contribution in [2.75, 3.05) is 5.73 Å². The van der Waals surface area contributed by atoms with Gasteiger partial charge in [-0.15, -0.1) is 0 Å². The van der Waals surface area contributed by atoms with Crippen molar-refractivity contribution in [1.29, 1.82) is 0 Å². The standard InChI is InChI=1S/C12H9F2NO/c13-8-1-4-10(5-2-8)16-12-7-9(15)3-6-11(12)14/h1-7H,15H2. The van der Waals surface area contributed by atoms with Crippen molar-refractivity contribution in [3.05, 3.63) is 54.1 Å². The van der Waals surface area contributed by atoms with Crippen molar-refractivity contribution in [3.8, 4) is 11.5 Å². The van der Waals surface area contributed by atoms with E-state index in [1.165, 1.54) is 42.5 Å². The molecule has 0 heterocycles. The Labute approximate surface area is 91.3 Å². The fourth-order valence-corrected chi connectivity index (χ4v) is 1.23. The smallest absolute Gasteiger partial charge is 0.165 e. The summed E-state index contributed by atoms with van der Waals surface area (Å²) in [6, 6.07) is 9.33. The molecule has 0 aromatic heterocycles. The molecule has 0 unspecified atom stereocenters. The normalized spacial score (nSPS) is 10.1. The predicted molar refractivity (Wildman–Crippen MR) is 57.3 cm³/mol. The molecule has 0 aliphatic carbocycles. The van der Waals surface area contributed by atoms with E-state index < -0.39 is 5.82 Å². The van der Waals surface area contributed by atoms with E-state index in [0.717, 1.165) is 0 Å². The Hall–Kier alpha value is -2.10. The molecule has 2 aromatic rings. The summed E-state index contributed by atoms with van der Waals surface area (Å²) < 4.78 is 31.1. The number of hydrogen-bond acceptors (Lipinski definition) is 2. The first-order valence-corrected chi connectivity index (χ1v) is 4.63. The summed E-state index contributed by atoms with van der Waals surface area (Å²) in [5.74, 6) is -0.517. The Kier molecular flexibility index (Phi) is 2.72. The van der Waals surface area contributed by atoms with E-state index in [1.807, 2.05) is 0 Å². The minimum absolute atomic E-state index is 0.0200. The van der Waals surface area contributed by atoms with Gasteiger partial charge in [-0.05, 0) is 36.4 Å². The fraction of sp³-hybridized carbons (Fsp3) is 0. The molecule has 0 spiro atoms. The highest BCUT2D eigenvalue weighted by molar-refractivity contribution is 5.46. The van der Waals surface area contributed by atoms with E-state index in [9.17, 15) is 8.78 Å². The van der Waals surface area contributed by atoms with Gasteiger partial charge in [0.25, 0.3) is 0 Å². The predicted octanol–water partition coefficient (Wildman–Crippen LogP) is 3.34. The largest absolute Gasteiger partial charge is 0.454 e. The van der Waals surface area contributed by atoms with Crippen molar-refractivity contribution in [1.82, 2.24) is 0 Å². The third-order valence-corrected chi connectivity index (χ3v) is 2.00. The van der Waals surface area contributed by atoms with Crippen LogP contribution < -0.4 is 10.5 Å². The number of nitrogen functional groups attached to an aromatic ring is 1. The zero-order valence-corrected chi connectivity index (χ0v) is 8.28. The molecule has 0 aliphatic heterocycles. The lowest BCUT2D eigenvalue weighted by Crippen LogP contribution is -1.91. The third-order valence-electron chi connectivity index (χ3n) is 2.00. The van der Waals surface area contributed by atoms with Gasteiger partial charge in [0, 0.05) is 11.8 Å². The highest BCUT2D eigenvalue weighted by Crippen LogP contribution is 2.26. The first-order valence-electron chi connectivity index (χ1n) is 4.63. The molecule has 2 nitrogen and oxygen atoms in total. The zero-order chi connectivity index (χ0) is 11.5. The van der Waals surface area contributed by atoms with Crippen LogP contribution >= 0.6 is 0 Å². The second-order valence-electron chi connectivity index (χ2n) is 3.25. The number of benzene rings is 2. The van der Waals surface area contributed by atoms with E-state index in [4.69, 9.17) is 10.5 Å². The van der Waals surface area contributed by atoms with Gasteiger partial charge in [0.05, 0.1) is 0 Å². The number of nitrogens with two attached hydrogens (primary N) is 1. The Morgan fingerprint density at radius 2 is 1.62 bits per heavy atom. The highest BCUT2D eigenvalue weighted by atomic mass is 19.1. The van der Waals surface area contributed by atoms with Gasteiger partial charge < -0.3 is 10.5 Å². The average Bonchev–Trinajstić information content (AvgIpc) is 2.27. The highest BCUT2D eigenvalue weighted by Gasteiger charge is 2.05. The van der Waals surface area contributed by atoms with Crippen molar-refractivity contribution in [3.63, 3.8) is 0 Å². The maximum absolute atomic E-state index is 13.3. The van der Waals surface area contributed by atoms with E-state index in [-0.39, 0.29) is 11.6 Å². The van der Waals surface area contributed by atoms with E-state index in [2.05, 4.69) is 0 Å². The minimum Gasteiger partial charge on any atom is -0.454 e. The van der Waals surface area contributed by atoms with Crippen molar-refractivity contribution < 1.29 is 13.5 Å². The molecule has 0 atom stereocenters. The van der Waals surface area contributed by atoms with Gasteiger partial charge in [-0.3, -0.25) is 0 Å². The molecule has 0 fully saturated rings. The van der Waals surface area contributed by atoms with Gasteiger partial charge in [0.15, 0.2) is 11.6 Å². The number of hydrogen-bond donors (Lipinski definition) is 1. The summed E-state index contributed by atoms with van der Waals surface area (Å²) in [6.45, 7) is 0. The van der Waals surface area contributed by atoms with Crippen molar-refractivity contribution >= 4 is 5.69 Å². The summed E-state index contributed by atoms with van der Waals surface area (Å²) in [4.78, 5) is 0. The van der Waals surface area contributed by atoms with E-state index in [1.54, 1.807) is 0 Å². The lowest BCUT2D eigenvalue weighted by molar-refractivity contribution is 0.441. The zero-order valence-electron chi connectivity index (χ0n) is 8.28. The SMILES string of the molecule is Nc1ccc(F)c(Oc2ccc(F)cc2)c1. The minimum atomic E-state index is -0.515. The lowest BCUT2D eigenvalue weighted by Gasteiger charge is -2.07. The molecule has 16 heavy (non-hydrogen) atoms. The van der Waals surface area contributed by atoms with E-state index in [0.29, 0.717) is 11.4 Å². The number of ether oxygens (including phenoxy) is 1. The molecular weight excluding hydrogens is 212 g/mol. The van der Waals surface area contributed by atoms with Crippen LogP contribution in [0.5, 0.6) is 11.5 Å². The third kappa shape index (κ3) is 2.28. The number of halogens is 2. The van der Waals surface area contributed by atoms with Crippen LogP contribution in [0.15, 0.2) is 42.5 Å². The van der Waals surface area contributed by atoms with Gasteiger partial charge in [0.2, 0.25) is 0 Å². The molecule has 2 rings (SSSR count). The maximum Gasteiger partial charge on any atom is 0.165 e. The van der Waals surface area contributed by atoms with Gasteiger partial charge in [-0.2, -0.15) is 0 Å². The first-order chi connectivity index (χ1) is 7.65. The van der Waals surface area contributed by atoms with Crippen LogP contribution in [0.3, 0.4) is 0 Å².